The molecule has 106 valence electrons. The zero-order chi connectivity index (χ0) is 14.4. The molecule has 2 aliphatic rings. The Labute approximate surface area is 125 Å². The van der Waals surface area contributed by atoms with E-state index in [9.17, 15) is 4.79 Å². The molecule has 2 aromatic carbocycles. The van der Waals surface area contributed by atoms with E-state index in [2.05, 4.69) is 10.6 Å². The summed E-state index contributed by atoms with van der Waals surface area (Å²) in [5, 5.41) is 6.63. The number of ether oxygens (including phenoxy) is 2. The topological polar surface area (TPSA) is 59.6 Å². The largest absolute Gasteiger partial charge is 0.454 e. The number of carbonyl (C=O) groups is 1. The molecular weight excluding hydrogens is 292 g/mol. The first-order valence-electron chi connectivity index (χ1n) is 6.47. The SMILES string of the molecule is O=C1Nc2ccc(Cl)cc2C1Nc1ccc2c(c1)OCO2. The Kier molecular flexibility index (Phi) is 2.68. The number of fused-ring (bicyclic) bond motifs is 2. The normalized spacial score (nSPS) is 18.3. The van der Waals surface area contributed by atoms with Crippen molar-refractivity contribution in [2.24, 2.45) is 0 Å². The number of halogens is 1. The Balaban J connectivity index is 1.66. The van der Waals surface area contributed by atoms with Gasteiger partial charge in [-0.2, -0.15) is 0 Å². The summed E-state index contributed by atoms with van der Waals surface area (Å²) >= 11 is 6.01. The van der Waals surface area contributed by atoms with Crippen LogP contribution in [-0.4, -0.2) is 12.7 Å². The molecule has 1 amide bonds. The zero-order valence-electron chi connectivity index (χ0n) is 10.9. The molecule has 0 fully saturated rings. The summed E-state index contributed by atoms with van der Waals surface area (Å²) in [5.41, 5.74) is 2.40. The zero-order valence-corrected chi connectivity index (χ0v) is 11.6. The van der Waals surface area contributed by atoms with E-state index >= 15 is 0 Å². The van der Waals surface area contributed by atoms with Crippen LogP contribution < -0.4 is 20.1 Å². The number of amides is 1. The minimum Gasteiger partial charge on any atom is -0.454 e. The van der Waals surface area contributed by atoms with Gasteiger partial charge in [0, 0.05) is 28.0 Å². The van der Waals surface area contributed by atoms with Crippen LogP contribution >= 0.6 is 11.6 Å². The van der Waals surface area contributed by atoms with Gasteiger partial charge in [-0.15, -0.1) is 0 Å². The van der Waals surface area contributed by atoms with Crippen LogP contribution in [0.15, 0.2) is 36.4 Å². The molecule has 0 aromatic heterocycles. The molecule has 6 heteroatoms. The summed E-state index contributed by atoms with van der Waals surface area (Å²) in [6, 6.07) is 10.4. The van der Waals surface area contributed by atoms with E-state index in [1.807, 2.05) is 18.2 Å². The van der Waals surface area contributed by atoms with Crippen molar-refractivity contribution in [3.05, 3.63) is 47.0 Å². The first kappa shape index (κ1) is 12.3. The van der Waals surface area contributed by atoms with Crippen LogP contribution in [0.4, 0.5) is 11.4 Å². The number of hydrogen-bond acceptors (Lipinski definition) is 4. The van der Waals surface area contributed by atoms with E-state index < -0.39 is 6.04 Å². The predicted molar refractivity (Wildman–Crippen MR) is 79.0 cm³/mol. The molecule has 0 spiro atoms. The van der Waals surface area contributed by atoms with Crippen molar-refractivity contribution in [3.8, 4) is 11.5 Å². The maximum Gasteiger partial charge on any atom is 0.251 e. The fourth-order valence-electron chi connectivity index (χ4n) is 2.53. The molecule has 0 radical (unpaired) electrons. The smallest absolute Gasteiger partial charge is 0.251 e. The number of hydrogen-bond donors (Lipinski definition) is 2. The summed E-state index contributed by atoms with van der Waals surface area (Å²) in [7, 11) is 0. The molecule has 2 N–H and O–H groups in total. The lowest BCUT2D eigenvalue weighted by Crippen LogP contribution is -2.19. The fourth-order valence-corrected chi connectivity index (χ4v) is 2.71. The quantitative estimate of drug-likeness (QED) is 0.894. The summed E-state index contributed by atoms with van der Waals surface area (Å²) in [4.78, 5) is 12.1. The number of anilines is 2. The van der Waals surface area contributed by atoms with E-state index in [1.54, 1.807) is 18.2 Å². The van der Waals surface area contributed by atoms with E-state index in [0.29, 0.717) is 16.5 Å². The first-order valence-corrected chi connectivity index (χ1v) is 6.85. The molecule has 0 saturated carbocycles. The molecule has 2 aromatic rings. The van der Waals surface area contributed by atoms with Gasteiger partial charge in [0.1, 0.15) is 6.04 Å². The van der Waals surface area contributed by atoms with Crippen LogP contribution in [0.1, 0.15) is 11.6 Å². The molecule has 0 saturated heterocycles. The van der Waals surface area contributed by atoms with Gasteiger partial charge < -0.3 is 20.1 Å². The molecule has 5 nitrogen and oxygen atoms in total. The van der Waals surface area contributed by atoms with Crippen LogP contribution in [0.25, 0.3) is 0 Å². The molecule has 21 heavy (non-hydrogen) atoms. The Morgan fingerprint density at radius 1 is 1.14 bits per heavy atom. The van der Waals surface area contributed by atoms with Gasteiger partial charge in [-0.1, -0.05) is 11.6 Å². The summed E-state index contributed by atoms with van der Waals surface area (Å²) < 4.78 is 10.6. The van der Waals surface area contributed by atoms with Crippen molar-refractivity contribution in [1.82, 2.24) is 0 Å². The Hall–Kier alpha value is -2.40. The van der Waals surface area contributed by atoms with Crippen molar-refractivity contribution in [2.75, 3.05) is 17.4 Å². The highest BCUT2D eigenvalue weighted by Crippen LogP contribution is 2.38. The van der Waals surface area contributed by atoms with Crippen molar-refractivity contribution >= 4 is 28.9 Å². The van der Waals surface area contributed by atoms with Gasteiger partial charge in [-0.25, -0.2) is 0 Å². The fraction of sp³-hybridized carbons (Fsp3) is 0.133. The highest BCUT2D eigenvalue weighted by Gasteiger charge is 2.31. The van der Waals surface area contributed by atoms with Crippen LogP contribution in [-0.2, 0) is 4.79 Å². The van der Waals surface area contributed by atoms with Crippen LogP contribution in [0.5, 0.6) is 11.5 Å². The molecular formula is C15H11ClN2O3. The third-order valence-corrected chi connectivity index (χ3v) is 3.76. The second-order valence-corrected chi connectivity index (χ2v) is 5.30. The lowest BCUT2D eigenvalue weighted by Gasteiger charge is -2.13. The third-order valence-electron chi connectivity index (χ3n) is 3.53. The third kappa shape index (κ3) is 2.06. The molecule has 2 aliphatic heterocycles. The van der Waals surface area contributed by atoms with E-state index in [-0.39, 0.29) is 12.7 Å². The minimum atomic E-state index is -0.473. The van der Waals surface area contributed by atoms with E-state index in [4.69, 9.17) is 21.1 Å². The summed E-state index contributed by atoms with van der Waals surface area (Å²) in [5.74, 6) is 1.27. The van der Waals surface area contributed by atoms with Crippen LogP contribution in [0, 0.1) is 0 Å². The lowest BCUT2D eigenvalue weighted by molar-refractivity contribution is -0.116. The molecule has 4 rings (SSSR count). The van der Waals surface area contributed by atoms with Gasteiger partial charge >= 0.3 is 0 Å². The average Bonchev–Trinajstić information content (AvgIpc) is 3.04. The Morgan fingerprint density at radius 2 is 2.00 bits per heavy atom. The monoisotopic (exact) mass is 302 g/mol. The minimum absolute atomic E-state index is 0.107. The number of rotatable bonds is 2. The first-order chi connectivity index (χ1) is 10.2. The van der Waals surface area contributed by atoms with Crippen molar-refractivity contribution in [3.63, 3.8) is 0 Å². The number of carbonyl (C=O) groups excluding carboxylic acids is 1. The Morgan fingerprint density at radius 3 is 2.90 bits per heavy atom. The maximum absolute atomic E-state index is 12.1. The molecule has 0 bridgehead atoms. The van der Waals surface area contributed by atoms with Crippen LogP contribution in [0.2, 0.25) is 5.02 Å². The van der Waals surface area contributed by atoms with E-state index in [0.717, 1.165) is 16.9 Å². The van der Waals surface area contributed by atoms with Crippen molar-refractivity contribution in [1.29, 1.82) is 0 Å². The van der Waals surface area contributed by atoms with E-state index in [1.165, 1.54) is 0 Å². The second-order valence-electron chi connectivity index (χ2n) is 4.87. The average molecular weight is 303 g/mol. The standard InChI is InChI=1S/C15H11ClN2O3/c16-8-1-3-11-10(5-8)14(15(19)18-11)17-9-2-4-12-13(6-9)21-7-20-12/h1-6,14,17H,7H2,(H,18,19). The predicted octanol–water partition coefficient (Wildman–Crippen LogP) is 3.17. The molecule has 1 atom stereocenters. The van der Waals surface area contributed by atoms with Gasteiger partial charge in [0.15, 0.2) is 11.5 Å². The van der Waals surface area contributed by atoms with Gasteiger partial charge in [-0.3, -0.25) is 4.79 Å². The highest BCUT2D eigenvalue weighted by molar-refractivity contribution is 6.31. The molecule has 0 aliphatic carbocycles. The van der Waals surface area contributed by atoms with Gasteiger partial charge in [-0.05, 0) is 30.3 Å². The highest BCUT2D eigenvalue weighted by atomic mass is 35.5. The molecule has 2 heterocycles. The van der Waals surface area contributed by atoms with Crippen molar-refractivity contribution in [2.45, 2.75) is 6.04 Å². The second kappa shape index (κ2) is 4.56. The lowest BCUT2D eigenvalue weighted by atomic mass is 10.1. The van der Waals surface area contributed by atoms with Gasteiger partial charge in [0.25, 0.3) is 5.91 Å². The summed E-state index contributed by atoms with van der Waals surface area (Å²) in [6.07, 6.45) is 0. The summed E-state index contributed by atoms with van der Waals surface area (Å²) in [6.45, 7) is 0.223. The molecule has 1 unspecified atom stereocenters. The maximum atomic E-state index is 12.1. The van der Waals surface area contributed by atoms with Gasteiger partial charge in [0.05, 0.1) is 0 Å². The van der Waals surface area contributed by atoms with Crippen molar-refractivity contribution < 1.29 is 14.3 Å². The van der Waals surface area contributed by atoms with Crippen LogP contribution in [0.3, 0.4) is 0 Å². The number of benzene rings is 2. The number of nitrogens with one attached hydrogen (secondary N) is 2. The Bertz CT molecular complexity index is 748. The van der Waals surface area contributed by atoms with Gasteiger partial charge in [0.2, 0.25) is 6.79 Å².